The van der Waals surface area contributed by atoms with Gasteiger partial charge in [-0.2, -0.15) is 0 Å². The van der Waals surface area contributed by atoms with Crippen molar-refractivity contribution in [1.82, 2.24) is 14.7 Å². The topological polar surface area (TPSA) is 63.5 Å². The average Bonchev–Trinajstić information content (AvgIpc) is 3.22. The van der Waals surface area contributed by atoms with Crippen molar-refractivity contribution in [2.45, 2.75) is 64.3 Å². The molecule has 1 aromatic carbocycles. The molecule has 1 saturated carbocycles. The molecule has 3 aromatic rings. The van der Waals surface area contributed by atoms with Gasteiger partial charge in [0.2, 0.25) is 5.78 Å². The number of rotatable bonds is 7. The van der Waals surface area contributed by atoms with Crippen LogP contribution in [0.4, 0.5) is 0 Å². The van der Waals surface area contributed by atoms with E-state index in [9.17, 15) is 9.59 Å². The number of hydrogen-bond donors (Lipinski definition) is 1. The van der Waals surface area contributed by atoms with Gasteiger partial charge in [0, 0.05) is 23.4 Å². The zero-order valence-electron chi connectivity index (χ0n) is 17.6. The van der Waals surface area contributed by atoms with E-state index in [0.717, 1.165) is 43.3 Å². The van der Waals surface area contributed by atoms with Gasteiger partial charge in [-0.25, -0.2) is 4.98 Å². The predicted molar refractivity (Wildman–Crippen MR) is 118 cm³/mol. The SMILES string of the molecule is CCCCc1cc(C(=O)c2cnc3ccccn23)ccc1C(=O)NC1CCCCC1. The third kappa shape index (κ3) is 4.30. The van der Waals surface area contributed by atoms with Crippen LogP contribution in [0, 0.1) is 0 Å². The summed E-state index contributed by atoms with van der Waals surface area (Å²) in [6.07, 6.45) is 12.0. The lowest BCUT2D eigenvalue weighted by atomic mass is 9.93. The highest BCUT2D eigenvalue weighted by atomic mass is 16.1. The minimum absolute atomic E-state index is 0.0122. The number of aromatic nitrogens is 2. The van der Waals surface area contributed by atoms with Gasteiger partial charge in [-0.05, 0) is 55.5 Å². The van der Waals surface area contributed by atoms with Gasteiger partial charge < -0.3 is 5.32 Å². The summed E-state index contributed by atoms with van der Waals surface area (Å²) in [6, 6.07) is 11.4. The van der Waals surface area contributed by atoms with E-state index in [2.05, 4.69) is 17.2 Å². The van der Waals surface area contributed by atoms with Crippen LogP contribution < -0.4 is 5.32 Å². The second kappa shape index (κ2) is 9.24. The van der Waals surface area contributed by atoms with Crippen molar-refractivity contribution >= 4 is 17.3 Å². The van der Waals surface area contributed by atoms with Gasteiger partial charge in [0.1, 0.15) is 11.3 Å². The number of hydrogen-bond acceptors (Lipinski definition) is 3. The Balaban J connectivity index is 1.61. The van der Waals surface area contributed by atoms with Crippen molar-refractivity contribution < 1.29 is 9.59 Å². The number of carbonyl (C=O) groups is 2. The molecule has 30 heavy (non-hydrogen) atoms. The highest BCUT2D eigenvalue weighted by Crippen LogP contribution is 2.21. The van der Waals surface area contributed by atoms with E-state index in [1.54, 1.807) is 16.7 Å². The van der Waals surface area contributed by atoms with Crippen LogP contribution >= 0.6 is 0 Å². The molecule has 4 rings (SSSR count). The molecule has 0 atom stereocenters. The Morgan fingerprint density at radius 2 is 1.97 bits per heavy atom. The second-order valence-corrected chi connectivity index (χ2v) is 8.19. The Morgan fingerprint density at radius 3 is 2.77 bits per heavy atom. The summed E-state index contributed by atoms with van der Waals surface area (Å²) in [4.78, 5) is 30.5. The quantitative estimate of drug-likeness (QED) is 0.567. The van der Waals surface area contributed by atoms with Crippen molar-refractivity contribution in [3.8, 4) is 0 Å². The number of amides is 1. The van der Waals surface area contributed by atoms with E-state index in [0.29, 0.717) is 16.8 Å². The summed E-state index contributed by atoms with van der Waals surface area (Å²) < 4.78 is 1.80. The number of ketones is 1. The maximum Gasteiger partial charge on any atom is 0.251 e. The number of pyridine rings is 1. The zero-order valence-corrected chi connectivity index (χ0v) is 17.6. The largest absolute Gasteiger partial charge is 0.349 e. The molecule has 1 aliphatic carbocycles. The van der Waals surface area contributed by atoms with Crippen LogP contribution in [0.1, 0.15) is 83.8 Å². The van der Waals surface area contributed by atoms with Gasteiger partial charge in [0.05, 0.1) is 6.20 Å². The van der Waals surface area contributed by atoms with Crippen LogP contribution in [-0.2, 0) is 6.42 Å². The third-order valence-electron chi connectivity index (χ3n) is 6.00. The van der Waals surface area contributed by atoms with Gasteiger partial charge in [-0.15, -0.1) is 0 Å². The fourth-order valence-corrected chi connectivity index (χ4v) is 4.29. The number of aryl methyl sites for hydroxylation is 1. The number of nitrogens with zero attached hydrogens (tertiary/aromatic N) is 2. The summed E-state index contributed by atoms with van der Waals surface area (Å²) in [5.74, 6) is -0.0903. The number of nitrogens with one attached hydrogen (secondary N) is 1. The van der Waals surface area contributed by atoms with E-state index in [1.165, 1.54) is 19.3 Å². The predicted octanol–water partition coefficient (Wildman–Crippen LogP) is 4.97. The average molecular weight is 404 g/mol. The minimum atomic E-state index is -0.0781. The monoisotopic (exact) mass is 403 g/mol. The summed E-state index contributed by atoms with van der Waals surface area (Å²) >= 11 is 0. The summed E-state index contributed by atoms with van der Waals surface area (Å²) in [5.41, 5.74) is 3.52. The lowest BCUT2D eigenvalue weighted by Crippen LogP contribution is -2.36. The normalized spacial score (nSPS) is 14.7. The zero-order chi connectivity index (χ0) is 20.9. The van der Waals surface area contributed by atoms with E-state index < -0.39 is 0 Å². The van der Waals surface area contributed by atoms with E-state index in [4.69, 9.17) is 0 Å². The molecule has 5 heteroatoms. The van der Waals surface area contributed by atoms with E-state index in [1.807, 2.05) is 36.5 Å². The number of fused-ring (bicyclic) bond motifs is 1. The Hall–Kier alpha value is -2.95. The van der Waals surface area contributed by atoms with Crippen molar-refractivity contribution in [1.29, 1.82) is 0 Å². The standard InChI is InChI=1S/C25H29N3O2/c1-2-3-9-18-16-19(24(29)22-17-26-23-12-7-8-15-28(22)23)13-14-21(18)25(30)27-20-10-5-4-6-11-20/h7-8,12-17,20H,2-6,9-11H2,1H3,(H,27,30). The van der Waals surface area contributed by atoms with Gasteiger partial charge in [0.15, 0.2) is 0 Å². The molecule has 0 spiro atoms. The van der Waals surface area contributed by atoms with E-state index in [-0.39, 0.29) is 17.7 Å². The van der Waals surface area contributed by atoms with E-state index >= 15 is 0 Å². The minimum Gasteiger partial charge on any atom is -0.349 e. The fraction of sp³-hybridized carbons (Fsp3) is 0.400. The lowest BCUT2D eigenvalue weighted by molar-refractivity contribution is 0.0925. The van der Waals surface area contributed by atoms with Crippen LogP contribution in [0.25, 0.3) is 5.65 Å². The smallest absolute Gasteiger partial charge is 0.251 e. The second-order valence-electron chi connectivity index (χ2n) is 8.19. The van der Waals surface area contributed by atoms with Crippen LogP contribution in [0.3, 0.4) is 0 Å². The number of benzene rings is 1. The summed E-state index contributed by atoms with van der Waals surface area (Å²) in [7, 11) is 0. The first kappa shape index (κ1) is 20.3. The molecule has 0 aliphatic heterocycles. The highest BCUT2D eigenvalue weighted by Gasteiger charge is 2.21. The first-order valence-electron chi connectivity index (χ1n) is 11.1. The molecule has 1 N–H and O–H groups in total. The van der Waals surface area contributed by atoms with Crippen molar-refractivity contribution in [3.63, 3.8) is 0 Å². The van der Waals surface area contributed by atoms with Crippen LogP contribution in [0.15, 0.2) is 48.8 Å². The van der Waals surface area contributed by atoms with Crippen molar-refractivity contribution in [2.24, 2.45) is 0 Å². The molecule has 0 bridgehead atoms. The molecule has 156 valence electrons. The summed E-state index contributed by atoms with van der Waals surface area (Å²) in [5, 5.41) is 3.21. The van der Waals surface area contributed by atoms with Gasteiger partial charge in [-0.1, -0.05) is 44.7 Å². The molecule has 0 unspecified atom stereocenters. The maximum atomic E-state index is 13.2. The molecule has 1 fully saturated rings. The highest BCUT2D eigenvalue weighted by molar-refractivity contribution is 6.09. The molecule has 2 aromatic heterocycles. The van der Waals surface area contributed by atoms with Crippen molar-refractivity contribution in [3.05, 3.63) is 71.2 Å². The Kier molecular flexibility index (Phi) is 6.26. The van der Waals surface area contributed by atoms with Crippen LogP contribution in [0.2, 0.25) is 0 Å². The lowest BCUT2D eigenvalue weighted by Gasteiger charge is -2.23. The molecule has 1 amide bonds. The molecular formula is C25H29N3O2. The van der Waals surface area contributed by atoms with Gasteiger partial charge >= 0.3 is 0 Å². The van der Waals surface area contributed by atoms with Crippen LogP contribution in [-0.4, -0.2) is 27.1 Å². The van der Waals surface area contributed by atoms with Crippen LogP contribution in [0.5, 0.6) is 0 Å². The molecular weight excluding hydrogens is 374 g/mol. The first-order chi connectivity index (χ1) is 14.7. The maximum absolute atomic E-state index is 13.2. The Morgan fingerprint density at radius 1 is 1.13 bits per heavy atom. The molecule has 5 nitrogen and oxygen atoms in total. The molecule has 1 aliphatic rings. The van der Waals surface area contributed by atoms with Gasteiger partial charge in [-0.3, -0.25) is 14.0 Å². The first-order valence-corrected chi connectivity index (χ1v) is 11.1. The van der Waals surface area contributed by atoms with Gasteiger partial charge in [0.25, 0.3) is 5.91 Å². The number of unbranched alkanes of at least 4 members (excludes halogenated alkanes) is 1. The Labute approximate surface area is 177 Å². The summed E-state index contributed by atoms with van der Waals surface area (Å²) in [6.45, 7) is 2.13. The fourth-order valence-electron chi connectivity index (χ4n) is 4.29. The number of carbonyl (C=O) groups excluding carboxylic acids is 2. The molecule has 0 saturated heterocycles. The Bertz CT molecular complexity index is 1050. The molecule has 0 radical (unpaired) electrons. The number of imidazole rings is 1. The molecule has 2 heterocycles. The van der Waals surface area contributed by atoms with Crippen molar-refractivity contribution in [2.75, 3.05) is 0 Å². The third-order valence-corrected chi connectivity index (χ3v) is 6.00.